The van der Waals surface area contributed by atoms with E-state index in [4.69, 9.17) is 10.5 Å². The van der Waals surface area contributed by atoms with Gasteiger partial charge in [-0.1, -0.05) is 6.92 Å². The van der Waals surface area contributed by atoms with Crippen LogP contribution in [0.5, 0.6) is 0 Å². The predicted molar refractivity (Wildman–Crippen MR) is 76.5 cm³/mol. The zero-order valence-corrected chi connectivity index (χ0v) is 12.9. The van der Waals surface area contributed by atoms with Crippen LogP contribution in [0.3, 0.4) is 0 Å². The normalized spacial score (nSPS) is 20.6. The van der Waals surface area contributed by atoms with Crippen LogP contribution < -0.4 is 5.73 Å². The molecule has 0 aromatic heterocycles. The van der Waals surface area contributed by atoms with Crippen LogP contribution in [0.15, 0.2) is 0 Å². The Bertz CT molecular complexity index is 340. The minimum Gasteiger partial charge on any atom is -0.385 e. The fourth-order valence-corrected chi connectivity index (χ4v) is 3.68. The Hall–Kier alpha value is -0.210. The molecule has 0 amide bonds. The first-order valence-electron chi connectivity index (χ1n) is 6.88. The van der Waals surface area contributed by atoms with Gasteiger partial charge in [-0.2, -0.15) is 4.31 Å². The van der Waals surface area contributed by atoms with Crippen molar-refractivity contribution in [2.75, 3.05) is 58.7 Å². The number of rotatable bonds is 8. The Morgan fingerprint density at radius 3 is 2.42 bits per heavy atom. The van der Waals surface area contributed by atoms with E-state index in [1.807, 2.05) is 0 Å². The molecule has 1 aliphatic heterocycles. The SMILES string of the molecule is COCCCS(=O)(=O)N1CCN(CC(C)CN)CC1. The predicted octanol–water partition coefficient (Wildman–Crippen LogP) is -0.435. The summed E-state index contributed by atoms with van der Waals surface area (Å²) in [4.78, 5) is 2.29. The summed E-state index contributed by atoms with van der Waals surface area (Å²) in [7, 11) is -1.52. The van der Waals surface area contributed by atoms with E-state index in [9.17, 15) is 8.42 Å². The summed E-state index contributed by atoms with van der Waals surface area (Å²) in [5.74, 6) is 0.643. The molecule has 0 aromatic carbocycles. The first-order valence-corrected chi connectivity index (χ1v) is 8.49. The molecule has 7 heteroatoms. The average molecular weight is 293 g/mol. The zero-order chi connectivity index (χ0) is 14.3. The second-order valence-electron chi connectivity index (χ2n) is 5.20. The van der Waals surface area contributed by atoms with Crippen molar-refractivity contribution >= 4 is 10.0 Å². The Balaban J connectivity index is 2.36. The lowest BCUT2D eigenvalue weighted by Gasteiger charge is -2.35. The Kier molecular flexibility index (Phi) is 7.23. The van der Waals surface area contributed by atoms with Crippen LogP contribution in [0.1, 0.15) is 13.3 Å². The maximum absolute atomic E-state index is 12.1. The number of hydrogen-bond acceptors (Lipinski definition) is 5. The molecule has 1 saturated heterocycles. The highest BCUT2D eigenvalue weighted by Crippen LogP contribution is 2.10. The van der Waals surface area contributed by atoms with E-state index < -0.39 is 10.0 Å². The van der Waals surface area contributed by atoms with Gasteiger partial charge in [0, 0.05) is 46.4 Å². The third-order valence-electron chi connectivity index (χ3n) is 3.45. The van der Waals surface area contributed by atoms with Gasteiger partial charge in [-0.25, -0.2) is 8.42 Å². The molecule has 1 atom stereocenters. The number of hydrogen-bond donors (Lipinski definition) is 1. The summed E-state index contributed by atoms with van der Waals surface area (Å²) >= 11 is 0. The molecule has 0 bridgehead atoms. The van der Waals surface area contributed by atoms with Crippen LogP contribution >= 0.6 is 0 Å². The maximum Gasteiger partial charge on any atom is 0.214 e. The molecule has 0 spiro atoms. The highest BCUT2D eigenvalue weighted by molar-refractivity contribution is 7.89. The van der Waals surface area contributed by atoms with Gasteiger partial charge in [-0.05, 0) is 18.9 Å². The summed E-state index contributed by atoms with van der Waals surface area (Å²) in [6, 6.07) is 0. The molecule has 1 heterocycles. The number of methoxy groups -OCH3 is 1. The fourth-order valence-electron chi connectivity index (χ4n) is 2.22. The van der Waals surface area contributed by atoms with Crippen molar-refractivity contribution in [3.8, 4) is 0 Å². The quantitative estimate of drug-likeness (QED) is 0.614. The molecule has 1 aliphatic rings. The maximum atomic E-state index is 12.1. The number of nitrogens with zero attached hydrogens (tertiary/aromatic N) is 2. The van der Waals surface area contributed by atoms with E-state index >= 15 is 0 Å². The monoisotopic (exact) mass is 293 g/mol. The van der Waals surface area contributed by atoms with E-state index in [0.29, 0.717) is 38.6 Å². The van der Waals surface area contributed by atoms with Gasteiger partial charge in [0.2, 0.25) is 10.0 Å². The van der Waals surface area contributed by atoms with Crippen LogP contribution in [0.4, 0.5) is 0 Å². The molecule has 1 rings (SSSR count). The third-order valence-corrected chi connectivity index (χ3v) is 5.40. The highest BCUT2D eigenvalue weighted by atomic mass is 32.2. The van der Waals surface area contributed by atoms with Crippen molar-refractivity contribution in [3.63, 3.8) is 0 Å². The fraction of sp³-hybridized carbons (Fsp3) is 1.00. The Morgan fingerprint density at radius 1 is 1.26 bits per heavy atom. The molecule has 1 fully saturated rings. The Labute approximate surface area is 116 Å². The molecule has 6 nitrogen and oxygen atoms in total. The largest absolute Gasteiger partial charge is 0.385 e. The smallest absolute Gasteiger partial charge is 0.214 e. The van der Waals surface area contributed by atoms with Crippen LogP contribution in [0.2, 0.25) is 0 Å². The molecule has 19 heavy (non-hydrogen) atoms. The van der Waals surface area contributed by atoms with Gasteiger partial charge in [0.25, 0.3) is 0 Å². The van der Waals surface area contributed by atoms with Crippen molar-refractivity contribution in [3.05, 3.63) is 0 Å². The molecule has 0 radical (unpaired) electrons. The number of sulfonamides is 1. The number of ether oxygens (including phenoxy) is 1. The van der Waals surface area contributed by atoms with Gasteiger partial charge >= 0.3 is 0 Å². The summed E-state index contributed by atoms with van der Waals surface area (Å²) < 4.78 is 30.7. The van der Waals surface area contributed by atoms with Gasteiger partial charge in [0.1, 0.15) is 0 Å². The van der Waals surface area contributed by atoms with E-state index in [-0.39, 0.29) is 5.75 Å². The van der Waals surface area contributed by atoms with Gasteiger partial charge in [-0.3, -0.25) is 0 Å². The molecular weight excluding hydrogens is 266 g/mol. The van der Waals surface area contributed by atoms with Crippen molar-refractivity contribution in [1.29, 1.82) is 0 Å². The van der Waals surface area contributed by atoms with Crippen molar-refractivity contribution < 1.29 is 13.2 Å². The standard InChI is InChI=1S/C12H27N3O3S/c1-12(10-13)11-14-4-6-15(7-5-14)19(16,17)9-3-8-18-2/h12H,3-11,13H2,1-2H3. The van der Waals surface area contributed by atoms with Crippen molar-refractivity contribution in [2.45, 2.75) is 13.3 Å². The van der Waals surface area contributed by atoms with E-state index in [1.54, 1.807) is 11.4 Å². The summed E-state index contributed by atoms with van der Waals surface area (Å²) in [6.07, 6.45) is 0.559. The minimum atomic E-state index is -3.11. The van der Waals surface area contributed by atoms with E-state index in [0.717, 1.165) is 19.6 Å². The van der Waals surface area contributed by atoms with Crippen LogP contribution in [0.25, 0.3) is 0 Å². The van der Waals surface area contributed by atoms with Gasteiger partial charge in [0.05, 0.1) is 5.75 Å². The number of piperazine rings is 1. The lowest BCUT2D eigenvalue weighted by atomic mass is 10.1. The van der Waals surface area contributed by atoms with Gasteiger partial charge in [0.15, 0.2) is 0 Å². The van der Waals surface area contributed by atoms with Crippen LogP contribution in [-0.2, 0) is 14.8 Å². The van der Waals surface area contributed by atoms with Gasteiger partial charge < -0.3 is 15.4 Å². The first-order chi connectivity index (χ1) is 8.99. The topological polar surface area (TPSA) is 75.9 Å². The summed E-state index contributed by atoms with van der Waals surface area (Å²) in [5.41, 5.74) is 5.61. The molecule has 114 valence electrons. The Morgan fingerprint density at radius 2 is 1.89 bits per heavy atom. The molecule has 0 saturated carbocycles. The summed E-state index contributed by atoms with van der Waals surface area (Å²) in [5, 5.41) is 0. The lowest BCUT2D eigenvalue weighted by molar-refractivity contribution is 0.169. The first kappa shape index (κ1) is 16.8. The van der Waals surface area contributed by atoms with Crippen molar-refractivity contribution in [1.82, 2.24) is 9.21 Å². The van der Waals surface area contributed by atoms with Crippen LogP contribution in [-0.4, -0.2) is 76.4 Å². The number of nitrogens with two attached hydrogens (primary N) is 1. The molecule has 1 unspecified atom stereocenters. The molecular formula is C12H27N3O3S. The van der Waals surface area contributed by atoms with Crippen LogP contribution in [0, 0.1) is 5.92 Å². The van der Waals surface area contributed by atoms with Gasteiger partial charge in [-0.15, -0.1) is 0 Å². The van der Waals surface area contributed by atoms with E-state index in [2.05, 4.69) is 11.8 Å². The average Bonchev–Trinajstić information content (AvgIpc) is 2.39. The summed E-state index contributed by atoms with van der Waals surface area (Å²) in [6.45, 7) is 7.02. The minimum absolute atomic E-state index is 0.181. The second-order valence-corrected chi connectivity index (χ2v) is 7.29. The zero-order valence-electron chi connectivity index (χ0n) is 12.0. The lowest BCUT2D eigenvalue weighted by Crippen LogP contribution is -2.50. The molecule has 0 aromatic rings. The second kappa shape index (κ2) is 8.16. The third kappa shape index (κ3) is 5.74. The molecule has 2 N–H and O–H groups in total. The molecule has 0 aliphatic carbocycles. The van der Waals surface area contributed by atoms with Crippen molar-refractivity contribution in [2.24, 2.45) is 11.7 Å². The van der Waals surface area contributed by atoms with E-state index in [1.165, 1.54) is 0 Å². The highest BCUT2D eigenvalue weighted by Gasteiger charge is 2.26.